The SMILES string of the molecule is NC(=O)c1cnc(Nc2ccc(Cl)c(N)c2)nc1NCc1ccccc1. The molecule has 2 aromatic carbocycles. The number of anilines is 4. The van der Waals surface area contributed by atoms with Crippen molar-refractivity contribution in [3.05, 3.63) is 70.9 Å². The quantitative estimate of drug-likeness (QED) is 0.496. The average Bonchev–Trinajstić information content (AvgIpc) is 2.64. The first-order valence-corrected chi connectivity index (χ1v) is 8.17. The zero-order valence-corrected chi connectivity index (χ0v) is 14.5. The monoisotopic (exact) mass is 368 g/mol. The number of nitrogen functional groups attached to an aromatic ring is 1. The van der Waals surface area contributed by atoms with Gasteiger partial charge in [-0.1, -0.05) is 41.9 Å². The Labute approximate surface area is 155 Å². The Morgan fingerprint density at radius 2 is 1.92 bits per heavy atom. The third-order valence-corrected chi connectivity index (χ3v) is 3.95. The smallest absolute Gasteiger partial charge is 0.254 e. The molecule has 1 heterocycles. The van der Waals surface area contributed by atoms with Crippen molar-refractivity contribution in [2.75, 3.05) is 16.4 Å². The van der Waals surface area contributed by atoms with Crippen LogP contribution >= 0.6 is 11.6 Å². The van der Waals surface area contributed by atoms with Crippen molar-refractivity contribution < 1.29 is 4.79 Å². The fraction of sp³-hybridized carbons (Fsp3) is 0.0556. The minimum absolute atomic E-state index is 0.210. The highest BCUT2D eigenvalue weighted by molar-refractivity contribution is 6.33. The molecular weight excluding hydrogens is 352 g/mol. The van der Waals surface area contributed by atoms with Crippen molar-refractivity contribution in [3.8, 4) is 0 Å². The Kier molecular flexibility index (Phi) is 5.19. The molecule has 8 heteroatoms. The van der Waals surface area contributed by atoms with Gasteiger partial charge in [-0.25, -0.2) is 4.98 Å². The zero-order valence-electron chi connectivity index (χ0n) is 13.7. The van der Waals surface area contributed by atoms with Crippen LogP contribution in [0.3, 0.4) is 0 Å². The molecule has 6 N–H and O–H groups in total. The summed E-state index contributed by atoms with van der Waals surface area (Å²) in [5, 5.41) is 6.61. The summed E-state index contributed by atoms with van der Waals surface area (Å²) in [6, 6.07) is 14.8. The number of primary amides is 1. The van der Waals surface area contributed by atoms with Gasteiger partial charge in [0.05, 0.1) is 16.3 Å². The predicted molar refractivity (Wildman–Crippen MR) is 103 cm³/mol. The van der Waals surface area contributed by atoms with Crippen molar-refractivity contribution in [2.45, 2.75) is 6.54 Å². The number of benzene rings is 2. The van der Waals surface area contributed by atoms with E-state index in [9.17, 15) is 4.79 Å². The summed E-state index contributed by atoms with van der Waals surface area (Å²) in [7, 11) is 0. The van der Waals surface area contributed by atoms with E-state index in [1.807, 2.05) is 30.3 Å². The van der Waals surface area contributed by atoms with Crippen molar-refractivity contribution >= 4 is 40.6 Å². The van der Waals surface area contributed by atoms with E-state index in [-0.39, 0.29) is 5.56 Å². The van der Waals surface area contributed by atoms with Crippen molar-refractivity contribution in [1.29, 1.82) is 0 Å². The fourth-order valence-electron chi connectivity index (χ4n) is 2.29. The van der Waals surface area contributed by atoms with Gasteiger partial charge < -0.3 is 22.1 Å². The fourth-order valence-corrected chi connectivity index (χ4v) is 2.41. The van der Waals surface area contributed by atoms with Crippen LogP contribution in [0, 0.1) is 0 Å². The van der Waals surface area contributed by atoms with Crippen LogP contribution in [0.2, 0.25) is 5.02 Å². The van der Waals surface area contributed by atoms with E-state index in [0.717, 1.165) is 5.56 Å². The Hall–Kier alpha value is -3.32. The number of nitrogens with one attached hydrogen (secondary N) is 2. The summed E-state index contributed by atoms with van der Waals surface area (Å²) in [4.78, 5) is 20.1. The van der Waals surface area contributed by atoms with Gasteiger partial charge in [0.2, 0.25) is 5.95 Å². The first-order chi connectivity index (χ1) is 12.5. The van der Waals surface area contributed by atoms with Crippen molar-refractivity contribution in [3.63, 3.8) is 0 Å². The highest BCUT2D eigenvalue weighted by Crippen LogP contribution is 2.24. The van der Waals surface area contributed by atoms with Crippen molar-refractivity contribution in [2.24, 2.45) is 5.73 Å². The van der Waals surface area contributed by atoms with Gasteiger partial charge in [-0.15, -0.1) is 0 Å². The van der Waals surface area contributed by atoms with Gasteiger partial charge in [0.15, 0.2) is 0 Å². The van der Waals surface area contributed by atoms with E-state index < -0.39 is 5.91 Å². The molecule has 0 aliphatic heterocycles. The van der Waals surface area contributed by atoms with Gasteiger partial charge in [-0.3, -0.25) is 4.79 Å². The van der Waals surface area contributed by atoms with E-state index in [1.54, 1.807) is 18.2 Å². The lowest BCUT2D eigenvalue weighted by atomic mass is 10.2. The summed E-state index contributed by atoms with van der Waals surface area (Å²) >= 11 is 5.92. The number of halogens is 1. The molecule has 0 fully saturated rings. The molecule has 1 aromatic heterocycles. The minimum atomic E-state index is -0.608. The Morgan fingerprint density at radius 3 is 2.62 bits per heavy atom. The maximum atomic E-state index is 11.6. The lowest BCUT2D eigenvalue weighted by molar-refractivity contribution is 0.100. The van der Waals surface area contributed by atoms with Gasteiger partial charge in [0.1, 0.15) is 5.82 Å². The van der Waals surface area contributed by atoms with Gasteiger partial charge in [-0.2, -0.15) is 4.98 Å². The molecule has 3 aromatic rings. The van der Waals surface area contributed by atoms with E-state index >= 15 is 0 Å². The largest absolute Gasteiger partial charge is 0.397 e. The molecule has 3 rings (SSSR count). The molecule has 0 aliphatic rings. The van der Waals surface area contributed by atoms with E-state index in [4.69, 9.17) is 23.1 Å². The Balaban J connectivity index is 1.83. The number of rotatable bonds is 6. The Morgan fingerprint density at radius 1 is 1.15 bits per heavy atom. The number of nitrogens with zero attached hydrogens (tertiary/aromatic N) is 2. The van der Waals surface area contributed by atoms with Gasteiger partial charge in [0, 0.05) is 18.4 Å². The second-order valence-electron chi connectivity index (χ2n) is 5.52. The van der Waals surface area contributed by atoms with E-state index in [1.165, 1.54) is 6.20 Å². The molecule has 26 heavy (non-hydrogen) atoms. The van der Waals surface area contributed by atoms with Crippen LogP contribution in [-0.4, -0.2) is 15.9 Å². The van der Waals surface area contributed by atoms with Crippen LogP contribution in [0.25, 0.3) is 0 Å². The molecule has 7 nitrogen and oxygen atoms in total. The highest BCUT2D eigenvalue weighted by Gasteiger charge is 2.12. The summed E-state index contributed by atoms with van der Waals surface area (Å²) in [6.07, 6.45) is 1.38. The van der Waals surface area contributed by atoms with Crippen LogP contribution in [-0.2, 0) is 6.54 Å². The van der Waals surface area contributed by atoms with Crippen LogP contribution in [0.5, 0.6) is 0 Å². The number of carbonyl (C=O) groups is 1. The molecule has 0 saturated carbocycles. The second kappa shape index (κ2) is 7.71. The maximum Gasteiger partial charge on any atom is 0.254 e. The molecule has 0 aliphatic carbocycles. The molecular formula is C18H17ClN6O. The maximum absolute atomic E-state index is 11.6. The van der Waals surface area contributed by atoms with Gasteiger partial charge in [-0.05, 0) is 23.8 Å². The standard InChI is InChI=1S/C18H17ClN6O/c19-14-7-6-12(8-15(14)20)24-18-23-10-13(16(21)26)17(25-18)22-9-11-4-2-1-3-5-11/h1-8,10H,9,20H2,(H2,21,26)(H2,22,23,24,25). The molecule has 0 spiro atoms. The van der Waals surface area contributed by atoms with Crippen molar-refractivity contribution in [1.82, 2.24) is 9.97 Å². The molecule has 132 valence electrons. The highest BCUT2D eigenvalue weighted by atomic mass is 35.5. The number of hydrogen-bond acceptors (Lipinski definition) is 6. The van der Waals surface area contributed by atoms with E-state index in [0.29, 0.717) is 34.7 Å². The number of amides is 1. The average molecular weight is 369 g/mol. The predicted octanol–water partition coefficient (Wildman–Crippen LogP) is 3.17. The summed E-state index contributed by atoms with van der Waals surface area (Å²) in [5.74, 6) is 0.0379. The van der Waals surface area contributed by atoms with Gasteiger partial charge >= 0.3 is 0 Å². The molecule has 0 unspecified atom stereocenters. The number of aromatic nitrogens is 2. The number of hydrogen-bond donors (Lipinski definition) is 4. The molecule has 1 amide bonds. The molecule has 0 saturated heterocycles. The first-order valence-electron chi connectivity index (χ1n) is 7.79. The third kappa shape index (κ3) is 4.20. The summed E-state index contributed by atoms with van der Waals surface area (Å²) < 4.78 is 0. The minimum Gasteiger partial charge on any atom is -0.397 e. The normalized spacial score (nSPS) is 10.3. The molecule has 0 bridgehead atoms. The van der Waals surface area contributed by atoms with Crippen LogP contribution in [0.15, 0.2) is 54.7 Å². The van der Waals surface area contributed by atoms with Crippen LogP contribution in [0.4, 0.5) is 23.1 Å². The Bertz CT molecular complexity index is 932. The van der Waals surface area contributed by atoms with E-state index in [2.05, 4.69) is 20.6 Å². The summed E-state index contributed by atoms with van der Waals surface area (Å²) in [6.45, 7) is 0.492. The van der Waals surface area contributed by atoms with Crippen LogP contribution in [0.1, 0.15) is 15.9 Å². The second-order valence-corrected chi connectivity index (χ2v) is 5.93. The molecule has 0 atom stereocenters. The molecule has 0 radical (unpaired) electrons. The topological polar surface area (TPSA) is 119 Å². The first kappa shape index (κ1) is 17.5. The van der Waals surface area contributed by atoms with Gasteiger partial charge in [0.25, 0.3) is 5.91 Å². The number of carbonyl (C=O) groups excluding carboxylic acids is 1. The third-order valence-electron chi connectivity index (χ3n) is 3.61. The zero-order chi connectivity index (χ0) is 18.5. The number of nitrogens with two attached hydrogens (primary N) is 2. The van der Waals surface area contributed by atoms with Crippen LogP contribution < -0.4 is 22.1 Å². The summed E-state index contributed by atoms with van der Waals surface area (Å²) in [5.41, 5.74) is 13.6. The lowest BCUT2D eigenvalue weighted by Crippen LogP contribution is -2.17. The lowest BCUT2D eigenvalue weighted by Gasteiger charge is -2.12.